The van der Waals surface area contributed by atoms with Gasteiger partial charge in [0.25, 0.3) is 0 Å². The molecule has 13 atom stereocenters. The summed E-state index contributed by atoms with van der Waals surface area (Å²) in [5, 5.41) is 96.0. The molecule has 43 heteroatoms. The van der Waals surface area contributed by atoms with E-state index in [4.69, 9.17) is 17.2 Å². The third-order valence-corrected chi connectivity index (χ3v) is 17.9. The summed E-state index contributed by atoms with van der Waals surface area (Å²) in [6, 6.07) is -6.08. The first-order chi connectivity index (χ1) is 54.7. The Labute approximate surface area is 663 Å². The Balaban J connectivity index is 1.70. The summed E-state index contributed by atoms with van der Waals surface area (Å²) in [6.45, 7) is 1.71. The van der Waals surface area contributed by atoms with Crippen LogP contribution in [0.1, 0.15) is 153 Å². The molecule has 0 radical (unpaired) electrons. The van der Waals surface area contributed by atoms with E-state index in [9.17, 15) is 132 Å². The van der Waals surface area contributed by atoms with Crippen LogP contribution in [0.15, 0.2) is 54.7 Å². The lowest BCUT2D eigenvalue weighted by atomic mass is 9.92. The topological polar surface area (TPSA) is 721 Å². The fourth-order valence-corrected chi connectivity index (χ4v) is 11.7. The number of Topliss-reactive ketones (excluding diaryl/α,β-unsaturated/α-hetero) is 2. The highest BCUT2D eigenvalue weighted by atomic mass is 16.4. The van der Waals surface area contributed by atoms with Gasteiger partial charge in [0.2, 0.25) is 76.8 Å². The molecule has 0 aliphatic carbocycles. The highest BCUT2D eigenvalue weighted by Crippen LogP contribution is 2.22. The van der Waals surface area contributed by atoms with Gasteiger partial charge in [-0.2, -0.15) is 0 Å². The van der Waals surface area contributed by atoms with Crippen LogP contribution in [0.5, 0.6) is 0 Å². The second-order valence-corrected chi connectivity index (χ2v) is 27.5. The van der Waals surface area contributed by atoms with Crippen molar-refractivity contribution in [2.45, 2.75) is 210 Å². The fourth-order valence-electron chi connectivity index (χ4n) is 11.7. The summed E-state index contributed by atoms with van der Waals surface area (Å²) in [6.07, 6.45) is -1.40. The lowest BCUT2D eigenvalue weighted by Gasteiger charge is -2.27. The Morgan fingerprint density at radius 3 is 1.53 bits per heavy atom. The number of carboxylic acid groups (broad SMARTS) is 5. The number of ketones is 2. The number of aromatic amines is 1. The van der Waals surface area contributed by atoms with Crippen LogP contribution in [-0.4, -0.2) is 252 Å². The average Bonchev–Trinajstić information content (AvgIpc) is 1.68. The molecule has 116 heavy (non-hydrogen) atoms. The van der Waals surface area contributed by atoms with Gasteiger partial charge in [-0.3, -0.25) is 91.1 Å². The number of H-pyrrole nitrogens is 1. The highest BCUT2D eigenvalue weighted by Gasteiger charge is 2.39. The Morgan fingerprint density at radius 1 is 0.457 bits per heavy atom. The number of benzene rings is 2. The number of anilines is 1. The number of carboxylic acids is 5. The second kappa shape index (κ2) is 49.8. The molecule has 0 fully saturated rings. The largest absolute Gasteiger partial charge is 0.481 e. The standard InChI is InChI=1S/C73H104N16O27/c1-5-6-7-8-9-10-11-22-55(95)82-46(25-40-32-77-44-20-15-13-17-41(40)44)67(109)85-47(29-54(76)94)68(110)86-49(31-61(104)105)69(111)89-63(38(4)91)71(113)79-34-56(96)81-45(21-16-23-74)53(93)26-39(27-59(100)101)65(107)80-37(3)64(106)84-48(30-60(102)103)66(108)78-33-57(97)83-51(35-90)70(112)88-62(36(2)24-58(98)99)72(114)87-50(73(115)116)28-52(92)42-18-12-14-19-43(42)75/h12-15,17-20,32,36-39,45-51,62-63,77,90-91H,5-11,16,21-31,33-35,74-75H2,1-4H3,(H2,76,94)(H,78,108)(H,79,113)(H,80,107)(H,81,96)(H,82,95)(H,83,97)(H,84,106)(H,85,109)(H,86,110)(H,87,114)(H,88,112)(H,89,111)(H,98,99)(H,100,101)(H,102,103)(H,104,105)(H,115,116)/t36?,37?,38?,39?,45?,46?,47?,48?,49?,50?,51-,62?,63?/m1/s1. The van der Waals surface area contributed by atoms with E-state index < -0.39 is 261 Å². The van der Waals surface area contributed by atoms with Gasteiger partial charge in [-0.15, -0.1) is 0 Å². The Bertz CT molecular complexity index is 4020. The van der Waals surface area contributed by atoms with Crippen molar-refractivity contribution in [1.29, 1.82) is 0 Å². The van der Waals surface area contributed by atoms with E-state index in [1.807, 2.05) is 16.0 Å². The molecule has 13 amide bonds. The average molecular weight is 1640 g/mol. The van der Waals surface area contributed by atoms with E-state index in [2.05, 4.69) is 59.8 Å². The molecule has 1 heterocycles. The molecule has 0 saturated carbocycles. The van der Waals surface area contributed by atoms with Crippen molar-refractivity contribution in [1.82, 2.24) is 68.8 Å². The lowest BCUT2D eigenvalue weighted by molar-refractivity contribution is -0.143. The number of nitrogens with two attached hydrogens (primary N) is 3. The predicted octanol–water partition coefficient (Wildman–Crippen LogP) is -5.01. The van der Waals surface area contributed by atoms with E-state index in [-0.39, 0.29) is 43.5 Å². The quantitative estimate of drug-likeness (QED) is 0.0143. The molecule has 0 spiro atoms. The van der Waals surface area contributed by atoms with E-state index >= 15 is 0 Å². The number of aliphatic hydroxyl groups excluding tert-OH is 2. The third-order valence-electron chi connectivity index (χ3n) is 17.9. The van der Waals surface area contributed by atoms with Crippen LogP contribution in [-0.2, 0) is 97.5 Å². The third kappa shape index (κ3) is 34.8. The fraction of sp³-hybridized carbons (Fsp3) is 0.534. The van der Waals surface area contributed by atoms with E-state index in [0.717, 1.165) is 59.3 Å². The summed E-state index contributed by atoms with van der Waals surface area (Å²) < 4.78 is 0. The smallest absolute Gasteiger partial charge is 0.326 e. The van der Waals surface area contributed by atoms with Crippen molar-refractivity contribution < 1.29 is 132 Å². The first-order valence-corrected chi connectivity index (χ1v) is 37.1. The molecular formula is C73H104N16O27. The maximum Gasteiger partial charge on any atom is 0.326 e. The zero-order valence-electron chi connectivity index (χ0n) is 64.3. The number of primary amides is 1. The van der Waals surface area contributed by atoms with Crippen LogP contribution < -0.4 is 81.0 Å². The number of hydrogen-bond acceptors (Lipinski definition) is 24. The summed E-state index contributed by atoms with van der Waals surface area (Å²) >= 11 is 0. The first kappa shape index (κ1) is 97.7. The number of carbonyl (C=O) groups is 20. The van der Waals surface area contributed by atoms with Gasteiger partial charge in [-0.25, -0.2) is 4.79 Å². The summed E-state index contributed by atoms with van der Waals surface area (Å²) in [5.41, 5.74) is 18.2. The number of amides is 13. The first-order valence-electron chi connectivity index (χ1n) is 37.1. The molecule has 0 bridgehead atoms. The van der Waals surface area contributed by atoms with Gasteiger partial charge in [0, 0.05) is 54.0 Å². The molecule has 3 rings (SSSR count). The van der Waals surface area contributed by atoms with Crippen LogP contribution in [0.2, 0.25) is 0 Å². The summed E-state index contributed by atoms with van der Waals surface area (Å²) in [4.78, 5) is 265. The van der Waals surface area contributed by atoms with Gasteiger partial charge in [-0.05, 0) is 69.3 Å². The molecule has 0 aliphatic heterocycles. The highest BCUT2D eigenvalue weighted by molar-refractivity contribution is 6.05. The number of aliphatic carboxylic acids is 5. The van der Waals surface area contributed by atoms with Crippen LogP contribution in [0.3, 0.4) is 0 Å². The molecular weight excluding hydrogens is 1530 g/mol. The van der Waals surface area contributed by atoms with Crippen molar-refractivity contribution in [3.8, 4) is 0 Å². The number of nitrogen functional groups attached to an aromatic ring is 1. The Kier molecular flexibility index (Phi) is 42.0. The zero-order valence-corrected chi connectivity index (χ0v) is 64.3. The number of nitrogens with one attached hydrogen (secondary N) is 13. The van der Waals surface area contributed by atoms with Crippen molar-refractivity contribution in [2.24, 2.45) is 23.3 Å². The zero-order chi connectivity index (χ0) is 87.1. The number of aliphatic hydroxyl groups is 2. The molecule has 0 aliphatic rings. The van der Waals surface area contributed by atoms with Crippen LogP contribution in [0.4, 0.5) is 5.69 Å². The number of rotatable bonds is 56. The molecule has 26 N–H and O–H groups in total. The molecule has 638 valence electrons. The second-order valence-electron chi connectivity index (χ2n) is 27.5. The van der Waals surface area contributed by atoms with Crippen molar-refractivity contribution in [3.05, 3.63) is 65.9 Å². The van der Waals surface area contributed by atoms with E-state index in [1.54, 1.807) is 30.5 Å². The summed E-state index contributed by atoms with van der Waals surface area (Å²) in [7, 11) is 0. The van der Waals surface area contributed by atoms with E-state index in [0.29, 0.717) is 22.9 Å². The van der Waals surface area contributed by atoms with Gasteiger partial charge < -0.3 is 122 Å². The molecule has 3 aromatic rings. The van der Waals surface area contributed by atoms with Crippen LogP contribution in [0.25, 0.3) is 10.9 Å². The molecule has 12 unspecified atom stereocenters. The Hall–Kier alpha value is -12.5. The molecule has 2 aromatic carbocycles. The van der Waals surface area contributed by atoms with E-state index in [1.165, 1.54) is 24.3 Å². The number of para-hydroxylation sites is 2. The normalized spacial score (nSPS) is 14.4. The maximum atomic E-state index is 14.1. The monoisotopic (exact) mass is 1640 g/mol. The number of carbonyl (C=O) groups excluding carboxylic acids is 15. The van der Waals surface area contributed by atoms with Gasteiger partial charge in [-0.1, -0.05) is 82.7 Å². The minimum atomic E-state index is -2.12. The predicted molar refractivity (Wildman–Crippen MR) is 405 cm³/mol. The summed E-state index contributed by atoms with van der Waals surface area (Å²) in [5.74, 6) is -29.1. The van der Waals surface area contributed by atoms with Gasteiger partial charge in [0.1, 0.15) is 54.4 Å². The number of fused-ring (bicyclic) bond motifs is 1. The van der Waals surface area contributed by atoms with Gasteiger partial charge in [0.15, 0.2) is 11.6 Å². The van der Waals surface area contributed by atoms with Crippen molar-refractivity contribution in [3.63, 3.8) is 0 Å². The maximum absolute atomic E-state index is 14.1. The number of unbranched alkanes of at least 4 members (excludes halogenated alkanes) is 6. The van der Waals surface area contributed by atoms with Gasteiger partial charge in [0.05, 0.1) is 69.9 Å². The van der Waals surface area contributed by atoms with Gasteiger partial charge >= 0.3 is 29.8 Å². The molecule has 43 nitrogen and oxygen atoms in total. The molecule has 1 aromatic heterocycles. The van der Waals surface area contributed by atoms with Crippen LogP contribution >= 0.6 is 0 Å². The van der Waals surface area contributed by atoms with Crippen LogP contribution in [0, 0.1) is 11.8 Å². The SMILES string of the molecule is CCCCCCCCCC(=O)NC(Cc1c[nH]c2ccccc12)C(=O)NC(CC(N)=O)C(=O)NC(CC(=O)O)C(=O)NC(C(=O)NCC(=O)NC(CCCN)C(=O)CC(CC(=O)O)C(=O)NC(C)C(=O)NC(CC(=O)O)C(=O)NCC(=O)N[C@H](CO)C(=O)NC(C(=O)NC(CC(=O)c1ccccc1N)C(=O)O)C(C)CC(=O)O)C(C)O. The Morgan fingerprint density at radius 2 is 0.957 bits per heavy atom. The minimum Gasteiger partial charge on any atom is -0.481 e. The number of hydrogen-bond donors (Lipinski definition) is 23. The van der Waals surface area contributed by atoms with Crippen molar-refractivity contribution in [2.75, 3.05) is 32.0 Å². The number of aromatic nitrogens is 1. The lowest BCUT2D eigenvalue weighted by Crippen LogP contribution is -2.60. The molecule has 0 saturated heterocycles. The minimum absolute atomic E-state index is 0.00601. The van der Waals surface area contributed by atoms with Crippen molar-refractivity contribution >= 4 is 135 Å².